The number of carbonyl (C=O) groups is 2. The number of rotatable bonds is 6. The quantitative estimate of drug-likeness (QED) is 0.709. The molecule has 1 fully saturated rings. The molecule has 3 N–H and O–H groups in total. The van der Waals surface area contributed by atoms with Crippen molar-refractivity contribution in [3.8, 4) is 0 Å². The third kappa shape index (κ3) is 5.52. The molecular formula is C20H23ClFN3O2. The van der Waals surface area contributed by atoms with Crippen molar-refractivity contribution in [1.82, 2.24) is 10.6 Å². The number of amides is 2. The molecule has 5 nitrogen and oxygen atoms in total. The highest BCUT2D eigenvalue weighted by atomic mass is 35.5. The first-order valence-electron chi connectivity index (χ1n) is 8.67. The number of nitrogens with one attached hydrogen (secondary N) is 3. The van der Waals surface area contributed by atoms with E-state index < -0.39 is 0 Å². The van der Waals surface area contributed by atoms with E-state index in [0.717, 1.165) is 18.7 Å². The second-order valence-electron chi connectivity index (χ2n) is 6.59. The van der Waals surface area contributed by atoms with Gasteiger partial charge in [0, 0.05) is 23.7 Å². The van der Waals surface area contributed by atoms with E-state index in [1.807, 2.05) is 25.1 Å². The van der Waals surface area contributed by atoms with Crippen molar-refractivity contribution in [3.05, 3.63) is 65.5 Å². The van der Waals surface area contributed by atoms with Gasteiger partial charge in [0.1, 0.15) is 5.82 Å². The lowest BCUT2D eigenvalue weighted by molar-refractivity contribution is -0.126. The summed E-state index contributed by atoms with van der Waals surface area (Å²) in [6.07, 6.45) is 0. The van der Waals surface area contributed by atoms with E-state index in [2.05, 4.69) is 16.0 Å². The van der Waals surface area contributed by atoms with Gasteiger partial charge < -0.3 is 16.0 Å². The lowest BCUT2D eigenvalue weighted by Gasteiger charge is -2.31. The van der Waals surface area contributed by atoms with Crippen molar-refractivity contribution in [3.63, 3.8) is 0 Å². The third-order valence-electron chi connectivity index (χ3n) is 4.69. The van der Waals surface area contributed by atoms with E-state index in [-0.39, 0.29) is 36.0 Å². The molecule has 0 spiro atoms. The molecule has 1 heterocycles. The van der Waals surface area contributed by atoms with Crippen LogP contribution in [0.3, 0.4) is 0 Å². The summed E-state index contributed by atoms with van der Waals surface area (Å²) in [5, 5.41) is 8.90. The molecule has 144 valence electrons. The first-order chi connectivity index (χ1) is 12.5. The summed E-state index contributed by atoms with van der Waals surface area (Å²) in [7, 11) is 0. The van der Waals surface area contributed by atoms with Gasteiger partial charge in [0.25, 0.3) is 5.91 Å². The predicted octanol–water partition coefficient (Wildman–Crippen LogP) is 2.97. The van der Waals surface area contributed by atoms with Crippen LogP contribution in [0.4, 0.5) is 10.1 Å². The molecular weight excluding hydrogens is 369 g/mol. The van der Waals surface area contributed by atoms with E-state index in [0.29, 0.717) is 23.7 Å². The summed E-state index contributed by atoms with van der Waals surface area (Å²) in [5.41, 5.74) is 1.91. The van der Waals surface area contributed by atoms with Gasteiger partial charge in [-0.25, -0.2) is 4.39 Å². The summed E-state index contributed by atoms with van der Waals surface area (Å²) in [4.78, 5) is 24.4. The van der Waals surface area contributed by atoms with Gasteiger partial charge in [0.2, 0.25) is 5.91 Å². The van der Waals surface area contributed by atoms with Crippen LogP contribution < -0.4 is 16.0 Å². The molecule has 1 aliphatic heterocycles. The fourth-order valence-electron chi connectivity index (χ4n) is 2.79. The fourth-order valence-corrected chi connectivity index (χ4v) is 2.79. The Bertz CT molecular complexity index is 794. The van der Waals surface area contributed by atoms with Crippen molar-refractivity contribution in [2.24, 2.45) is 11.8 Å². The van der Waals surface area contributed by atoms with E-state index >= 15 is 0 Å². The van der Waals surface area contributed by atoms with Crippen LogP contribution in [-0.4, -0.2) is 24.9 Å². The maximum Gasteiger partial charge on any atom is 0.255 e. The first-order valence-corrected chi connectivity index (χ1v) is 8.67. The molecule has 2 amide bonds. The Morgan fingerprint density at radius 2 is 1.89 bits per heavy atom. The Kier molecular flexibility index (Phi) is 7.33. The number of hydrogen-bond donors (Lipinski definition) is 3. The maximum absolute atomic E-state index is 12.9. The van der Waals surface area contributed by atoms with Crippen LogP contribution in [0.25, 0.3) is 0 Å². The molecule has 2 aromatic rings. The first kappa shape index (κ1) is 20.9. The highest BCUT2D eigenvalue weighted by Crippen LogP contribution is 2.17. The lowest BCUT2D eigenvalue weighted by Crippen LogP contribution is -2.49. The van der Waals surface area contributed by atoms with Gasteiger partial charge in [-0.15, -0.1) is 12.4 Å². The molecule has 0 radical (unpaired) electrons. The van der Waals surface area contributed by atoms with Crippen LogP contribution in [0.5, 0.6) is 0 Å². The number of halogens is 2. The molecule has 1 unspecified atom stereocenters. The van der Waals surface area contributed by atoms with Crippen molar-refractivity contribution in [2.45, 2.75) is 13.5 Å². The Morgan fingerprint density at radius 1 is 1.19 bits per heavy atom. The predicted molar refractivity (Wildman–Crippen MR) is 105 cm³/mol. The van der Waals surface area contributed by atoms with E-state index in [1.54, 1.807) is 6.07 Å². The minimum Gasteiger partial charge on any atom is -0.352 e. The fraction of sp³-hybridized carbons (Fsp3) is 0.300. The minimum atomic E-state index is -0.383. The van der Waals surface area contributed by atoms with Gasteiger partial charge in [0.05, 0.1) is 0 Å². The standard InChI is InChI=1S/C20H22FN3O2.ClH/c1-13(16-11-22-12-16)19(25)23-10-14-3-2-4-18(9-14)24-20(26)15-5-7-17(21)8-6-15;/h2-9,13,16,22H,10-12H2,1H3,(H,23,25)(H,24,26);1H. The van der Waals surface area contributed by atoms with Gasteiger partial charge in [0.15, 0.2) is 0 Å². The van der Waals surface area contributed by atoms with Gasteiger partial charge >= 0.3 is 0 Å². The van der Waals surface area contributed by atoms with Crippen molar-refractivity contribution < 1.29 is 14.0 Å². The van der Waals surface area contributed by atoms with Gasteiger partial charge in [-0.1, -0.05) is 19.1 Å². The van der Waals surface area contributed by atoms with Crippen LogP contribution in [0.1, 0.15) is 22.8 Å². The smallest absolute Gasteiger partial charge is 0.255 e. The zero-order chi connectivity index (χ0) is 18.5. The highest BCUT2D eigenvalue weighted by Gasteiger charge is 2.28. The molecule has 1 saturated heterocycles. The average Bonchev–Trinajstić information content (AvgIpc) is 2.59. The lowest BCUT2D eigenvalue weighted by atomic mass is 9.88. The van der Waals surface area contributed by atoms with Gasteiger partial charge in [-0.3, -0.25) is 9.59 Å². The molecule has 3 rings (SSSR count). The average molecular weight is 392 g/mol. The largest absolute Gasteiger partial charge is 0.352 e. The topological polar surface area (TPSA) is 70.2 Å². The van der Waals surface area contributed by atoms with Crippen LogP contribution in [0.2, 0.25) is 0 Å². The summed E-state index contributed by atoms with van der Waals surface area (Å²) >= 11 is 0. The molecule has 7 heteroatoms. The number of hydrogen-bond acceptors (Lipinski definition) is 3. The van der Waals surface area contributed by atoms with E-state index in [4.69, 9.17) is 0 Å². The van der Waals surface area contributed by atoms with E-state index in [9.17, 15) is 14.0 Å². The van der Waals surface area contributed by atoms with Gasteiger partial charge in [-0.05, 0) is 61.0 Å². The normalized spacial score (nSPS) is 14.4. The highest BCUT2D eigenvalue weighted by molar-refractivity contribution is 6.04. The molecule has 0 aromatic heterocycles. The Balaban J connectivity index is 0.00000261. The van der Waals surface area contributed by atoms with Crippen LogP contribution in [0.15, 0.2) is 48.5 Å². The zero-order valence-corrected chi connectivity index (χ0v) is 15.8. The molecule has 0 aliphatic carbocycles. The monoisotopic (exact) mass is 391 g/mol. The molecule has 0 bridgehead atoms. The Labute approximate surface area is 164 Å². The summed E-state index contributed by atoms with van der Waals surface area (Å²) < 4.78 is 12.9. The second-order valence-corrected chi connectivity index (χ2v) is 6.59. The van der Waals surface area contributed by atoms with Crippen molar-refractivity contribution in [1.29, 1.82) is 0 Å². The number of carbonyl (C=O) groups excluding carboxylic acids is 2. The summed E-state index contributed by atoms with van der Waals surface area (Å²) in [6.45, 7) is 4.13. The number of anilines is 1. The van der Waals surface area contributed by atoms with Gasteiger partial charge in [-0.2, -0.15) is 0 Å². The molecule has 1 atom stereocenters. The Morgan fingerprint density at radius 3 is 2.52 bits per heavy atom. The van der Waals surface area contributed by atoms with Crippen molar-refractivity contribution in [2.75, 3.05) is 18.4 Å². The summed E-state index contributed by atoms with van der Waals surface area (Å²) in [6, 6.07) is 12.7. The SMILES string of the molecule is CC(C(=O)NCc1cccc(NC(=O)c2ccc(F)cc2)c1)C1CNC1.Cl. The molecule has 1 aliphatic rings. The molecule has 2 aromatic carbocycles. The second kappa shape index (κ2) is 9.48. The van der Waals surface area contributed by atoms with Crippen LogP contribution in [0, 0.1) is 17.7 Å². The maximum atomic E-state index is 12.9. The third-order valence-corrected chi connectivity index (χ3v) is 4.69. The van der Waals surface area contributed by atoms with Crippen LogP contribution >= 0.6 is 12.4 Å². The minimum absolute atomic E-state index is 0. The number of benzene rings is 2. The summed E-state index contributed by atoms with van der Waals surface area (Å²) in [5.74, 6) is -0.269. The van der Waals surface area contributed by atoms with E-state index in [1.165, 1.54) is 24.3 Å². The van der Waals surface area contributed by atoms with Crippen molar-refractivity contribution >= 4 is 29.9 Å². The molecule has 27 heavy (non-hydrogen) atoms. The zero-order valence-electron chi connectivity index (χ0n) is 15.0. The molecule has 0 saturated carbocycles. The van der Waals surface area contributed by atoms with Crippen LogP contribution in [-0.2, 0) is 11.3 Å². The Hall–Kier alpha value is -2.44.